The Balaban J connectivity index is 1.61. The number of amides is 1. The minimum absolute atomic E-state index is 0.0241. The summed E-state index contributed by atoms with van der Waals surface area (Å²) in [6, 6.07) is 13.4. The number of carbonyl (C=O) groups excluding carboxylic acids is 1. The maximum Gasteiger partial charge on any atom is 0.257 e. The zero-order chi connectivity index (χ0) is 17.4. The molecular weight excluding hydrogens is 410 g/mol. The highest BCUT2D eigenvalue weighted by molar-refractivity contribution is 9.10. The van der Waals surface area contributed by atoms with Crippen LogP contribution in [0, 0.1) is 6.92 Å². The van der Waals surface area contributed by atoms with E-state index in [1.165, 1.54) is 0 Å². The quantitative estimate of drug-likeness (QED) is 0.611. The van der Waals surface area contributed by atoms with Crippen LogP contribution in [0.1, 0.15) is 11.1 Å². The molecule has 1 N–H and O–H groups in total. The van der Waals surface area contributed by atoms with Crippen molar-refractivity contribution in [1.29, 1.82) is 0 Å². The fourth-order valence-electron chi connectivity index (χ4n) is 1.97. The molecule has 3 nitrogen and oxygen atoms in total. The smallest absolute Gasteiger partial charge is 0.257 e. The van der Waals surface area contributed by atoms with Crippen molar-refractivity contribution in [2.45, 2.75) is 12.7 Å². The summed E-state index contributed by atoms with van der Waals surface area (Å²) < 4.78 is 6.51. The molecule has 2 rings (SSSR count). The minimum atomic E-state index is -0.117. The fraction of sp³-hybridized carbons (Fsp3) is 0.278. The third-order valence-corrected chi connectivity index (χ3v) is 5.55. The number of nitrogens with one attached hydrogen (secondary N) is 1. The second-order valence-corrected chi connectivity index (χ2v) is 7.56. The van der Waals surface area contributed by atoms with Crippen LogP contribution in [0.2, 0.25) is 5.02 Å². The van der Waals surface area contributed by atoms with E-state index in [9.17, 15) is 4.79 Å². The van der Waals surface area contributed by atoms with Gasteiger partial charge >= 0.3 is 0 Å². The number of hydrogen-bond acceptors (Lipinski definition) is 3. The lowest BCUT2D eigenvalue weighted by atomic mass is 10.2. The van der Waals surface area contributed by atoms with Crippen molar-refractivity contribution in [3.8, 4) is 5.75 Å². The Hall–Kier alpha value is -1.17. The first-order valence-corrected chi connectivity index (χ1v) is 9.85. The van der Waals surface area contributed by atoms with E-state index in [-0.39, 0.29) is 12.5 Å². The van der Waals surface area contributed by atoms with Gasteiger partial charge < -0.3 is 10.1 Å². The molecular formula is C18H19BrClNO2S. The van der Waals surface area contributed by atoms with Crippen molar-refractivity contribution in [3.05, 3.63) is 63.1 Å². The van der Waals surface area contributed by atoms with Gasteiger partial charge in [-0.05, 0) is 42.3 Å². The van der Waals surface area contributed by atoms with Gasteiger partial charge in [-0.1, -0.05) is 45.7 Å². The molecule has 0 bridgehead atoms. The molecule has 0 unspecified atom stereocenters. The summed E-state index contributed by atoms with van der Waals surface area (Å²) in [7, 11) is 0. The van der Waals surface area contributed by atoms with Gasteiger partial charge in [-0.3, -0.25) is 4.79 Å². The van der Waals surface area contributed by atoms with Gasteiger partial charge in [0.1, 0.15) is 5.75 Å². The van der Waals surface area contributed by atoms with Crippen molar-refractivity contribution in [3.63, 3.8) is 0 Å². The molecule has 0 atom stereocenters. The Morgan fingerprint density at radius 3 is 2.83 bits per heavy atom. The molecule has 2 aromatic carbocycles. The molecule has 0 spiro atoms. The minimum Gasteiger partial charge on any atom is -0.484 e. The summed E-state index contributed by atoms with van der Waals surface area (Å²) in [4.78, 5) is 11.8. The Morgan fingerprint density at radius 1 is 1.29 bits per heavy atom. The highest BCUT2D eigenvalue weighted by Gasteiger charge is 2.04. The Kier molecular flexibility index (Phi) is 7.95. The molecule has 6 heteroatoms. The highest BCUT2D eigenvalue weighted by atomic mass is 79.9. The topological polar surface area (TPSA) is 38.3 Å². The Morgan fingerprint density at radius 2 is 2.08 bits per heavy atom. The van der Waals surface area contributed by atoms with Crippen molar-refractivity contribution >= 4 is 45.2 Å². The van der Waals surface area contributed by atoms with E-state index in [0.717, 1.165) is 32.1 Å². The summed E-state index contributed by atoms with van der Waals surface area (Å²) in [6.45, 7) is 2.61. The van der Waals surface area contributed by atoms with Gasteiger partial charge in [0.15, 0.2) is 6.61 Å². The van der Waals surface area contributed by atoms with Crippen LogP contribution in [0.5, 0.6) is 5.75 Å². The molecule has 24 heavy (non-hydrogen) atoms. The fourth-order valence-corrected chi connectivity index (χ4v) is 3.36. The first-order valence-electron chi connectivity index (χ1n) is 7.53. The van der Waals surface area contributed by atoms with E-state index in [4.69, 9.17) is 16.3 Å². The van der Waals surface area contributed by atoms with E-state index >= 15 is 0 Å². The summed E-state index contributed by atoms with van der Waals surface area (Å²) >= 11 is 11.3. The van der Waals surface area contributed by atoms with Crippen LogP contribution >= 0.6 is 39.3 Å². The summed E-state index contributed by atoms with van der Waals surface area (Å²) in [5, 5.41) is 3.64. The van der Waals surface area contributed by atoms with Crippen molar-refractivity contribution < 1.29 is 9.53 Å². The molecule has 0 fully saturated rings. The first kappa shape index (κ1) is 19.2. The molecule has 0 saturated heterocycles. The SMILES string of the molecule is Cc1cc(OCC(=O)NCCSCc2ccccc2Cl)ccc1Br. The van der Waals surface area contributed by atoms with Crippen molar-refractivity contribution in [2.75, 3.05) is 18.9 Å². The second kappa shape index (κ2) is 9.97. The van der Waals surface area contributed by atoms with Gasteiger partial charge in [0, 0.05) is 27.5 Å². The van der Waals surface area contributed by atoms with Crippen LogP contribution in [-0.4, -0.2) is 24.8 Å². The van der Waals surface area contributed by atoms with Gasteiger partial charge in [-0.2, -0.15) is 11.8 Å². The van der Waals surface area contributed by atoms with Crippen LogP contribution in [0.25, 0.3) is 0 Å². The third kappa shape index (κ3) is 6.38. The standard InChI is InChI=1S/C18H19BrClNO2S/c1-13-10-15(6-7-16(13)19)23-11-18(22)21-8-9-24-12-14-4-2-3-5-17(14)20/h2-7,10H,8-9,11-12H2,1H3,(H,21,22). The normalized spacial score (nSPS) is 10.5. The number of hydrogen-bond donors (Lipinski definition) is 1. The average Bonchev–Trinajstić information content (AvgIpc) is 2.57. The Labute approximate surface area is 160 Å². The molecule has 0 aromatic heterocycles. The van der Waals surface area contributed by atoms with E-state index in [0.29, 0.717) is 12.3 Å². The monoisotopic (exact) mass is 427 g/mol. The van der Waals surface area contributed by atoms with Crippen LogP contribution in [0.3, 0.4) is 0 Å². The van der Waals surface area contributed by atoms with Crippen LogP contribution in [0.15, 0.2) is 46.9 Å². The maximum atomic E-state index is 11.8. The number of rotatable bonds is 8. The second-order valence-electron chi connectivity index (χ2n) is 5.19. The molecule has 0 radical (unpaired) electrons. The summed E-state index contributed by atoms with van der Waals surface area (Å²) in [5.41, 5.74) is 2.19. The molecule has 0 saturated carbocycles. The predicted molar refractivity (Wildman–Crippen MR) is 105 cm³/mol. The molecule has 0 aliphatic heterocycles. The summed E-state index contributed by atoms with van der Waals surface area (Å²) in [6.07, 6.45) is 0. The van der Waals surface area contributed by atoms with Crippen LogP contribution < -0.4 is 10.1 Å². The Bertz CT molecular complexity index is 696. The van der Waals surface area contributed by atoms with Crippen molar-refractivity contribution in [1.82, 2.24) is 5.32 Å². The summed E-state index contributed by atoms with van der Waals surface area (Å²) in [5.74, 6) is 2.24. The van der Waals surface area contributed by atoms with Gasteiger partial charge in [-0.25, -0.2) is 0 Å². The van der Waals surface area contributed by atoms with E-state index < -0.39 is 0 Å². The third-order valence-electron chi connectivity index (χ3n) is 3.28. The van der Waals surface area contributed by atoms with Gasteiger partial charge in [0.25, 0.3) is 5.91 Å². The number of ether oxygens (including phenoxy) is 1. The zero-order valence-corrected chi connectivity index (χ0v) is 16.5. The molecule has 1 amide bonds. The molecule has 0 aliphatic carbocycles. The zero-order valence-electron chi connectivity index (χ0n) is 13.4. The first-order chi connectivity index (χ1) is 11.6. The van der Waals surface area contributed by atoms with Gasteiger partial charge in [0.05, 0.1) is 0 Å². The lowest BCUT2D eigenvalue weighted by Gasteiger charge is -2.09. The number of aryl methyl sites for hydroxylation is 1. The molecule has 128 valence electrons. The van der Waals surface area contributed by atoms with Crippen LogP contribution in [-0.2, 0) is 10.5 Å². The highest BCUT2D eigenvalue weighted by Crippen LogP contribution is 2.22. The van der Waals surface area contributed by atoms with E-state index in [2.05, 4.69) is 21.2 Å². The lowest BCUT2D eigenvalue weighted by molar-refractivity contribution is -0.122. The number of carbonyl (C=O) groups is 1. The van der Waals surface area contributed by atoms with Crippen molar-refractivity contribution in [2.24, 2.45) is 0 Å². The number of halogens is 2. The van der Waals surface area contributed by atoms with Gasteiger partial charge in [0.2, 0.25) is 0 Å². The van der Waals surface area contributed by atoms with E-state index in [1.54, 1.807) is 11.8 Å². The largest absolute Gasteiger partial charge is 0.484 e. The average molecular weight is 429 g/mol. The van der Waals surface area contributed by atoms with E-state index in [1.807, 2.05) is 49.4 Å². The number of thioether (sulfide) groups is 1. The molecule has 2 aromatic rings. The number of benzene rings is 2. The van der Waals surface area contributed by atoms with Gasteiger partial charge in [-0.15, -0.1) is 0 Å². The lowest BCUT2D eigenvalue weighted by Crippen LogP contribution is -2.30. The molecule has 0 aliphatic rings. The predicted octanol–water partition coefficient (Wildman–Crippen LogP) is 4.84. The molecule has 0 heterocycles. The maximum absolute atomic E-state index is 11.8. The van der Waals surface area contributed by atoms with Crippen LogP contribution in [0.4, 0.5) is 0 Å².